The standard InChI is InChI=1S/C17H23NO6/c1-2-3-4-11-23-16(19)9-6-10-17(20)24-13-14-7-5-8-15(12-14)18(21)22/h5,7-8,12H,2-4,6,9-11,13H2,1H3. The average Bonchev–Trinajstić information content (AvgIpc) is 2.57. The second-order valence-electron chi connectivity index (χ2n) is 5.37. The van der Waals surface area contributed by atoms with E-state index in [9.17, 15) is 19.7 Å². The number of carbonyl (C=O) groups excluding carboxylic acids is 2. The number of rotatable bonds is 11. The third kappa shape index (κ3) is 8.26. The molecular formula is C17H23NO6. The van der Waals surface area contributed by atoms with Crippen molar-refractivity contribution < 1.29 is 24.0 Å². The first kappa shape index (κ1) is 19.6. The van der Waals surface area contributed by atoms with Crippen molar-refractivity contribution in [3.05, 3.63) is 39.9 Å². The Morgan fingerprint density at radius 3 is 2.46 bits per heavy atom. The average molecular weight is 337 g/mol. The van der Waals surface area contributed by atoms with Crippen LogP contribution in [0.4, 0.5) is 5.69 Å². The first-order valence-corrected chi connectivity index (χ1v) is 8.07. The summed E-state index contributed by atoms with van der Waals surface area (Å²) in [5.41, 5.74) is 0.502. The van der Waals surface area contributed by atoms with Crippen LogP contribution in [-0.4, -0.2) is 23.5 Å². The Kier molecular flexibility index (Phi) is 9.11. The molecule has 0 aliphatic rings. The summed E-state index contributed by atoms with van der Waals surface area (Å²) in [4.78, 5) is 33.2. The lowest BCUT2D eigenvalue weighted by Gasteiger charge is -2.06. The number of hydrogen-bond donors (Lipinski definition) is 0. The van der Waals surface area contributed by atoms with Crippen molar-refractivity contribution in [1.82, 2.24) is 0 Å². The molecule has 0 radical (unpaired) electrons. The Hall–Kier alpha value is -2.44. The van der Waals surface area contributed by atoms with Crippen molar-refractivity contribution in [3.8, 4) is 0 Å². The van der Waals surface area contributed by atoms with Crippen LogP contribution in [0, 0.1) is 10.1 Å². The number of unbranched alkanes of at least 4 members (excludes halogenated alkanes) is 2. The smallest absolute Gasteiger partial charge is 0.306 e. The van der Waals surface area contributed by atoms with Gasteiger partial charge in [0.15, 0.2) is 0 Å². The van der Waals surface area contributed by atoms with Crippen LogP contribution in [0.15, 0.2) is 24.3 Å². The van der Waals surface area contributed by atoms with E-state index < -0.39 is 10.9 Å². The molecule has 0 aliphatic heterocycles. The predicted octanol–water partition coefficient (Wildman–Crippen LogP) is 3.54. The van der Waals surface area contributed by atoms with Gasteiger partial charge < -0.3 is 9.47 Å². The molecule has 24 heavy (non-hydrogen) atoms. The van der Waals surface area contributed by atoms with E-state index in [2.05, 4.69) is 6.92 Å². The molecule has 0 N–H and O–H groups in total. The molecule has 0 bridgehead atoms. The zero-order valence-electron chi connectivity index (χ0n) is 13.9. The monoisotopic (exact) mass is 337 g/mol. The quantitative estimate of drug-likeness (QED) is 0.265. The summed E-state index contributed by atoms with van der Waals surface area (Å²) < 4.78 is 10.1. The Morgan fingerprint density at radius 1 is 1.08 bits per heavy atom. The summed E-state index contributed by atoms with van der Waals surface area (Å²) in [6.45, 7) is 2.47. The van der Waals surface area contributed by atoms with Gasteiger partial charge in [-0.25, -0.2) is 0 Å². The van der Waals surface area contributed by atoms with E-state index in [4.69, 9.17) is 9.47 Å². The van der Waals surface area contributed by atoms with Crippen molar-refractivity contribution in [2.75, 3.05) is 6.61 Å². The fourth-order valence-electron chi connectivity index (χ4n) is 1.98. The summed E-state index contributed by atoms with van der Waals surface area (Å²) in [5, 5.41) is 10.7. The molecule has 0 amide bonds. The Balaban J connectivity index is 2.19. The summed E-state index contributed by atoms with van der Waals surface area (Å²) in [5.74, 6) is -0.752. The van der Waals surface area contributed by atoms with Crippen molar-refractivity contribution >= 4 is 17.6 Å². The van der Waals surface area contributed by atoms with Crippen molar-refractivity contribution in [1.29, 1.82) is 0 Å². The van der Waals surface area contributed by atoms with Gasteiger partial charge in [0.1, 0.15) is 6.61 Å². The number of hydrogen-bond acceptors (Lipinski definition) is 6. The van der Waals surface area contributed by atoms with E-state index in [1.54, 1.807) is 6.07 Å². The molecule has 0 saturated carbocycles. The molecule has 0 atom stereocenters. The lowest BCUT2D eigenvalue weighted by atomic mass is 10.2. The molecule has 0 saturated heterocycles. The van der Waals surface area contributed by atoms with E-state index in [0.717, 1.165) is 19.3 Å². The van der Waals surface area contributed by atoms with Gasteiger partial charge in [-0.05, 0) is 18.4 Å². The summed E-state index contributed by atoms with van der Waals surface area (Å²) in [7, 11) is 0. The maximum atomic E-state index is 11.6. The zero-order valence-corrected chi connectivity index (χ0v) is 13.9. The molecular weight excluding hydrogens is 314 g/mol. The summed E-state index contributed by atoms with van der Waals surface area (Å²) in [6.07, 6.45) is 3.59. The highest BCUT2D eigenvalue weighted by atomic mass is 16.6. The van der Waals surface area contributed by atoms with Crippen molar-refractivity contribution in [2.24, 2.45) is 0 Å². The molecule has 0 spiro atoms. The van der Waals surface area contributed by atoms with Gasteiger partial charge in [-0.3, -0.25) is 19.7 Å². The molecule has 7 nitrogen and oxygen atoms in total. The first-order chi connectivity index (χ1) is 11.5. The minimum absolute atomic E-state index is 0.0258. The Bertz CT molecular complexity index is 558. The highest BCUT2D eigenvalue weighted by Gasteiger charge is 2.09. The van der Waals surface area contributed by atoms with Crippen LogP contribution < -0.4 is 0 Å². The number of ether oxygens (including phenoxy) is 2. The van der Waals surface area contributed by atoms with E-state index in [0.29, 0.717) is 18.6 Å². The third-order valence-corrected chi connectivity index (χ3v) is 3.29. The minimum Gasteiger partial charge on any atom is -0.466 e. The second-order valence-corrected chi connectivity index (χ2v) is 5.37. The third-order valence-electron chi connectivity index (χ3n) is 3.29. The summed E-state index contributed by atoms with van der Waals surface area (Å²) >= 11 is 0. The largest absolute Gasteiger partial charge is 0.466 e. The molecule has 0 unspecified atom stereocenters. The van der Waals surface area contributed by atoms with Gasteiger partial charge in [0.25, 0.3) is 5.69 Å². The topological polar surface area (TPSA) is 95.7 Å². The van der Waals surface area contributed by atoms with Gasteiger partial charge in [-0.2, -0.15) is 0 Å². The maximum absolute atomic E-state index is 11.6. The van der Waals surface area contributed by atoms with E-state index >= 15 is 0 Å². The molecule has 0 aromatic heterocycles. The maximum Gasteiger partial charge on any atom is 0.306 e. The fourth-order valence-corrected chi connectivity index (χ4v) is 1.98. The number of nitro benzene ring substituents is 1. The van der Waals surface area contributed by atoms with Gasteiger partial charge in [-0.1, -0.05) is 31.9 Å². The lowest BCUT2D eigenvalue weighted by molar-refractivity contribution is -0.384. The van der Waals surface area contributed by atoms with Crippen molar-refractivity contribution in [3.63, 3.8) is 0 Å². The lowest BCUT2D eigenvalue weighted by Crippen LogP contribution is -2.09. The van der Waals surface area contributed by atoms with E-state index in [1.807, 2.05) is 0 Å². The Labute approximate surface area is 141 Å². The SMILES string of the molecule is CCCCCOC(=O)CCCC(=O)OCc1cccc([N+](=O)[O-])c1. The Morgan fingerprint density at radius 2 is 1.79 bits per heavy atom. The molecule has 132 valence electrons. The van der Waals surface area contributed by atoms with Gasteiger partial charge >= 0.3 is 11.9 Å². The zero-order chi connectivity index (χ0) is 17.8. The number of nitro groups is 1. The number of carbonyl (C=O) groups is 2. The van der Waals surface area contributed by atoms with Gasteiger partial charge in [-0.15, -0.1) is 0 Å². The molecule has 0 fully saturated rings. The van der Waals surface area contributed by atoms with Crippen LogP contribution in [-0.2, 0) is 25.7 Å². The molecule has 7 heteroatoms. The van der Waals surface area contributed by atoms with Crippen LogP contribution in [0.1, 0.15) is 51.0 Å². The van der Waals surface area contributed by atoms with Gasteiger partial charge in [0.2, 0.25) is 0 Å². The minimum atomic E-state index is -0.503. The van der Waals surface area contributed by atoms with Gasteiger partial charge in [0.05, 0.1) is 11.5 Å². The van der Waals surface area contributed by atoms with Gasteiger partial charge in [0, 0.05) is 25.0 Å². The summed E-state index contributed by atoms with van der Waals surface area (Å²) in [6, 6.07) is 5.92. The van der Waals surface area contributed by atoms with Crippen molar-refractivity contribution in [2.45, 2.75) is 52.1 Å². The van der Waals surface area contributed by atoms with Crippen LogP contribution in [0.25, 0.3) is 0 Å². The molecule has 0 heterocycles. The molecule has 1 aromatic rings. The van der Waals surface area contributed by atoms with Crippen LogP contribution in [0.5, 0.6) is 0 Å². The highest BCUT2D eigenvalue weighted by Crippen LogP contribution is 2.14. The number of benzene rings is 1. The number of esters is 2. The second kappa shape index (κ2) is 11.2. The highest BCUT2D eigenvalue weighted by molar-refractivity contribution is 5.72. The van der Waals surface area contributed by atoms with E-state index in [1.165, 1.54) is 18.2 Å². The predicted molar refractivity (Wildman–Crippen MR) is 87.2 cm³/mol. The van der Waals surface area contributed by atoms with Crippen LogP contribution in [0.2, 0.25) is 0 Å². The molecule has 1 rings (SSSR count). The van der Waals surface area contributed by atoms with Crippen LogP contribution >= 0.6 is 0 Å². The molecule has 1 aromatic carbocycles. The van der Waals surface area contributed by atoms with Crippen LogP contribution in [0.3, 0.4) is 0 Å². The first-order valence-electron chi connectivity index (χ1n) is 8.07. The van der Waals surface area contributed by atoms with E-state index in [-0.39, 0.29) is 31.1 Å². The fraction of sp³-hybridized carbons (Fsp3) is 0.529. The number of nitrogens with zero attached hydrogens (tertiary/aromatic N) is 1. The number of non-ortho nitro benzene ring substituents is 1. The normalized spacial score (nSPS) is 10.2. The molecule has 0 aliphatic carbocycles.